The fourth-order valence-corrected chi connectivity index (χ4v) is 5.85. The summed E-state index contributed by atoms with van der Waals surface area (Å²) in [4.78, 5) is 9.37. The van der Waals surface area contributed by atoms with Gasteiger partial charge < -0.3 is 4.98 Å². The molecule has 0 aromatic carbocycles. The van der Waals surface area contributed by atoms with Gasteiger partial charge in [-0.15, -0.1) is 0 Å². The Morgan fingerprint density at radius 2 is 2.06 bits per heavy atom. The molecule has 5 rings (SSSR count). The molecule has 3 aromatic rings. The van der Waals surface area contributed by atoms with Gasteiger partial charge in [-0.2, -0.15) is 10.4 Å². The number of aromatic amines is 1. The van der Waals surface area contributed by atoms with E-state index in [2.05, 4.69) is 26.0 Å². The van der Waals surface area contributed by atoms with E-state index in [1.807, 2.05) is 6.20 Å². The van der Waals surface area contributed by atoms with Gasteiger partial charge in [-0.25, -0.2) is 22.1 Å². The summed E-state index contributed by atoms with van der Waals surface area (Å²) >= 11 is 0. The van der Waals surface area contributed by atoms with Gasteiger partial charge in [0.15, 0.2) is 0 Å². The van der Waals surface area contributed by atoms with Gasteiger partial charge in [-0.1, -0.05) is 0 Å². The highest BCUT2D eigenvalue weighted by molar-refractivity contribution is 7.88. The fraction of sp³-hybridized carbons (Fsp3) is 0.476. The number of rotatable bonds is 5. The molecule has 2 saturated heterocycles. The van der Waals surface area contributed by atoms with E-state index < -0.39 is 21.4 Å². The zero-order valence-electron chi connectivity index (χ0n) is 17.7. The molecule has 2 aliphatic rings. The normalized spacial score (nSPS) is 20.3. The number of fused-ring (bicyclic) bond motifs is 1. The molecule has 32 heavy (non-hydrogen) atoms. The molecule has 0 radical (unpaired) electrons. The van der Waals surface area contributed by atoms with Crippen molar-refractivity contribution in [3.63, 3.8) is 0 Å². The van der Waals surface area contributed by atoms with Gasteiger partial charge in [0.2, 0.25) is 10.0 Å². The first kappa shape index (κ1) is 21.1. The largest absolute Gasteiger partial charge is 0.346 e. The van der Waals surface area contributed by atoms with E-state index in [0.717, 1.165) is 12.8 Å². The Balaban J connectivity index is 1.35. The number of nitrogens with one attached hydrogen (secondary N) is 1. The molecule has 0 atom stereocenters. The second-order valence-electron chi connectivity index (χ2n) is 8.75. The Labute approximate surface area is 185 Å². The van der Waals surface area contributed by atoms with E-state index in [0.29, 0.717) is 54.8 Å². The van der Waals surface area contributed by atoms with Crippen LogP contribution in [0.4, 0.5) is 4.39 Å². The third kappa shape index (κ3) is 3.48. The third-order valence-corrected chi connectivity index (χ3v) is 8.01. The minimum atomic E-state index is -3.16. The van der Waals surface area contributed by atoms with Crippen molar-refractivity contribution in [2.24, 2.45) is 0 Å². The first-order chi connectivity index (χ1) is 15.3. The van der Waals surface area contributed by atoms with Gasteiger partial charge in [0.1, 0.15) is 17.0 Å². The molecular formula is C21H24FN7O2S. The van der Waals surface area contributed by atoms with Crippen molar-refractivity contribution in [3.8, 4) is 17.2 Å². The molecule has 168 valence electrons. The van der Waals surface area contributed by atoms with Gasteiger partial charge in [0.05, 0.1) is 31.1 Å². The van der Waals surface area contributed by atoms with Crippen LogP contribution in [0.5, 0.6) is 0 Å². The standard InChI is InChI=1S/C21H24FN7O2S/c1-32(30,31)28-8-3-16(4-9-28)27-13-21(14-27,5-6-23)29-12-15(10-26-29)19-17-2-7-24-20(17)25-11-18(19)22/h2,7,10-12,16H,3-5,8-9,13-14H2,1H3,(H,24,25). The van der Waals surface area contributed by atoms with E-state index in [4.69, 9.17) is 0 Å². The summed E-state index contributed by atoms with van der Waals surface area (Å²) in [6.07, 6.45) is 9.46. The van der Waals surface area contributed by atoms with Gasteiger partial charge in [0, 0.05) is 61.1 Å². The lowest BCUT2D eigenvalue weighted by Gasteiger charge is -2.53. The van der Waals surface area contributed by atoms with Crippen molar-refractivity contribution >= 4 is 21.1 Å². The number of H-pyrrole nitrogens is 1. The molecular weight excluding hydrogens is 433 g/mol. The molecule has 2 aliphatic heterocycles. The number of nitrogens with zero attached hydrogens (tertiary/aromatic N) is 6. The van der Waals surface area contributed by atoms with Crippen LogP contribution in [-0.4, -0.2) is 75.8 Å². The van der Waals surface area contributed by atoms with Crippen molar-refractivity contribution in [2.75, 3.05) is 32.4 Å². The predicted octanol–water partition coefficient (Wildman–Crippen LogP) is 1.91. The highest BCUT2D eigenvalue weighted by Crippen LogP contribution is 2.38. The number of nitriles is 1. The number of hydrogen-bond donors (Lipinski definition) is 1. The molecule has 11 heteroatoms. The van der Waals surface area contributed by atoms with Crippen molar-refractivity contribution in [1.29, 1.82) is 5.26 Å². The SMILES string of the molecule is CS(=O)(=O)N1CCC(N2CC(CC#N)(n3cc(-c4c(F)cnc5[nH]ccc45)cn3)C2)CC1. The second kappa shape index (κ2) is 7.65. The van der Waals surface area contributed by atoms with Crippen LogP contribution in [0.1, 0.15) is 19.3 Å². The summed E-state index contributed by atoms with van der Waals surface area (Å²) in [5, 5.41) is 14.7. The van der Waals surface area contributed by atoms with Crippen LogP contribution in [0.2, 0.25) is 0 Å². The van der Waals surface area contributed by atoms with Crippen LogP contribution < -0.4 is 0 Å². The zero-order chi connectivity index (χ0) is 22.5. The average molecular weight is 458 g/mol. The molecule has 1 N–H and O–H groups in total. The maximum Gasteiger partial charge on any atom is 0.211 e. The molecule has 0 bridgehead atoms. The van der Waals surface area contributed by atoms with E-state index in [1.165, 1.54) is 16.8 Å². The lowest BCUT2D eigenvalue weighted by Crippen LogP contribution is -2.66. The number of halogens is 1. The maximum atomic E-state index is 14.6. The Morgan fingerprint density at radius 1 is 1.31 bits per heavy atom. The molecule has 9 nitrogen and oxygen atoms in total. The monoisotopic (exact) mass is 457 g/mol. The van der Waals surface area contributed by atoms with E-state index in [1.54, 1.807) is 23.1 Å². The number of pyridine rings is 1. The Hall–Kier alpha value is -2.81. The summed E-state index contributed by atoms with van der Waals surface area (Å²) < 4.78 is 41.5. The van der Waals surface area contributed by atoms with Crippen LogP contribution in [0, 0.1) is 17.1 Å². The minimum Gasteiger partial charge on any atom is -0.346 e. The van der Waals surface area contributed by atoms with E-state index in [-0.39, 0.29) is 6.04 Å². The van der Waals surface area contributed by atoms with Crippen molar-refractivity contribution < 1.29 is 12.8 Å². The number of hydrogen-bond acceptors (Lipinski definition) is 6. The summed E-state index contributed by atoms with van der Waals surface area (Å²) in [5.74, 6) is -0.418. The lowest BCUT2D eigenvalue weighted by atomic mass is 9.84. The maximum absolute atomic E-state index is 14.6. The first-order valence-electron chi connectivity index (χ1n) is 10.5. The Kier molecular flexibility index (Phi) is 5.03. The summed E-state index contributed by atoms with van der Waals surface area (Å²) in [7, 11) is -3.16. The summed E-state index contributed by atoms with van der Waals surface area (Å²) in [6.45, 7) is 2.35. The first-order valence-corrected chi connectivity index (χ1v) is 12.4. The number of sulfonamides is 1. The molecule has 3 aromatic heterocycles. The molecule has 0 spiro atoms. The van der Waals surface area contributed by atoms with E-state index in [9.17, 15) is 18.1 Å². The quantitative estimate of drug-likeness (QED) is 0.627. The fourth-order valence-electron chi connectivity index (χ4n) is 4.98. The molecule has 0 unspecified atom stereocenters. The third-order valence-electron chi connectivity index (χ3n) is 6.71. The topological polar surface area (TPSA) is 111 Å². The average Bonchev–Trinajstić information content (AvgIpc) is 3.40. The zero-order valence-corrected chi connectivity index (χ0v) is 18.5. The van der Waals surface area contributed by atoms with Crippen molar-refractivity contribution in [1.82, 2.24) is 29.0 Å². The van der Waals surface area contributed by atoms with Crippen LogP contribution in [-0.2, 0) is 15.6 Å². The van der Waals surface area contributed by atoms with Gasteiger partial charge in [0.25, 0.3) is 0 Å². The van der Waals surface area contributed by atoms with E-state index >= 15 is 0 Å². The number of aromatic nitrogens is 4. The lowest BCUT2D eigenvalue weighted by molar-refractivity contribution is -0.0382. The van der Waals surface area contributed by atoms with Crippen molar-refractivity contribution in [2.45, 2.75) is 30.8 Å². The van der Waals surface area contributed by atoms with Gasteiger partial charge >= 0.3 is 0 Å². The van der Waals surface area contributed by atoms with Gasteiger partial charge in [-0.05, 0) is 18.9 Å². The second-order valence-corrected chi connectivity index (χ2v) is 10.7. The number of likely N-dealkylation sites (tertiary alicyclic amines) is 1. The number of piperidine rings is 1. The molecule has 2 fully saturated rings. The highest BCUT2D eigenvalue weighted by atomic mass is 32.2. The molecule has 0 saturated carbocycles. The molecule has 0 amide bonds. The Bertz CT molecular complexity index is 1300. The van der Waals surface area contributed by atoms with Crippen LogP contribution in [0.15, 0.2) is 30.9 Å². The van der Waals surface area contributed by atoms with Crippen molar-refractivity contribution in [3.05, 3.63) is 36.7 Å². The van der Waals surface area contributed by atoms with Crippen LogP contribution in [0.3, 0.4) is 0 Å². The summed E-state index contributed by atoms with van der Waals surface area (Å²) in [5.41, 5.74) is 1.23. The Morgan fingerprint density at radius 3 is 2.75 bits per heavy atom. The van der Waals surface area contributed by atoms with Crippen LogP contribution in [0.25, 0.3) is 22.2 Å². The van der Waals surface area contributed by atoms with Gasteiger partial charge in [-0.3, -0.25) is 9.58 Å². The smallest absolute Gasteiger partial charge is 0.211 e. The summed E-state index contributed by atoms with van der Waals surface area (Å²) in [6, 6.07) is 4.35. The minimum absolute atomic E-state index is 0.284. The highest BCUT2D eigenvalue weighted by Gasteiger charge is 2.48. The molecule has 5 heterocycles. The molecule has 0 aliphatic carbocycles. The predicted molar refractivity (Wildman–Crippen MR) is 116 cm³/mol. The van der Waals surface area contributed by atoms with Crippen LogP contribution >= 0.6 is 0 Å².